The summed E-state index contributed by atoms with van der Waals surface area (Å²) >= 11 is 12.3. The Morgan fingerprint density at radius 2 is 1.78 bits per heavy atom. The largest absolute Gasteiger partial charge is 0.464 e. The number of hydrogen-bond acceptors (Lipinski definition) is 5. The van der Waals surface area contributed by atoms with Crippen molar-refractivity contribution < 1.29 is 14.3 Å². The van der Waals surface area contributed by atoms with E-state index in [0.717, 1.165) is 31.9 Å². The lowest BCUT2D eigenvalue weighted by Crippen LogP contribution is -2.52. The van der Waals surface area contributed by atoms with Crippen molar-refractivity contribution in [1.29, 1.82) is 0 Å². The lowest BCUT2D eigenvalue weighted by molar-refractivity contribution is -0.120. The van der Waals surface area contributed by atoms with Crippen molar-refractivity contribution in [3.8, 4) is 0 Å². The molecule has 0 saturated carbocycles. The second-order valence-corrected chi connectivity index (χ2v) is 8.60. The van der Waals surface area contributed by atoms with E-state index in [1.165, 1.54) is 7.11 Å². The highest BCUT2D eigenvalue weighted by Gasteiger charge is 2.28. The first kappa shape index (κ1) is 22.5. The number of ether oxygens (including phenoxy) is 1. The van der Waals surface area contributed by atoms with Gasteiger partial charge in [-0.2, -0.15) is 0 Å². The summed E-state index contributed by atoms with van der Waals surface area (Å²) in [5.74, 6) is -0.761. The van der Waals surface area contributed by atoms with Crippen LogP contribution in [0.1, 0.15) is 17.4 Å². The number of carbonyl (C=O) groups is 2. The van der Waals surface area contributed by atoms with Gasteiger partial charge in [0.1, 0.15) is 5.69 Å². The van der Waals surface area contributed by atoms with E-state index in [1.807, 2.05) is 31.2 Å². The Hall–Kier alpha value is -2.74. The number of benzene rings is 2. The molecule has 0 bridgehead atoms. The normalized spacial score (nSPS) is 15.6. The molecule has 168 valence electrons. The lowest BCUT2D eigenvalue weighted by atomic mass is 10.1. The molecule has 1 atom stereocenters. The zero-order chi connectivity index (χ0) is 22.8. The van der Waals surface area contributed by atoms with Crippen molar-refractivity contribution in [2.75, 3.05) is 43.5 Å². The van der Waals surface area contributed by atoms with E-state index >= 15 is 0 Å². The number of aromatic amines is 1. The smallest absolute Gasteiger partial charge is 0.356 e. The van der Waals surface area contributed by atoms with Gasteiger partial charge in [-0.05, 0) is 43.3 Å². The number of rotatable bonds is 5. The van der Waals surface area contributed by atoms with E-state index in [9.17, 15) is 9.59 Å². The van der Waals surface area contributed by atoms with Crippen LogP contribution in [-0.4, -0.2) is 61.1 Å². The Morgan fingerprint density at radius 1 is 1.06 bits per heavy atom. The third-order valence-corrected chi connectivity index (χ3v) is 6.28. The molecule has 1 fully saturated rings. The fourth-order valence-electron chi connectivity index (χ4n) is 3.98. The maximum absolute atomic E-state index is 13.1. The Balaban J connectivity index is 1.48. The van der Waals surface area contributed by atoms with E-state index in [1.54, 1.807) is 18.2 Å². The minimum atomic E-state index is -0.560. The average molecular weight is 475 g/mol. The first-order valence-electron chi connectivity index (χ1n) is 10.3. The van der Waals surface area contributed by atoms with Crippen molar-refractivity contribution in [3.05, 3.63) is 58.2 Å². The second-order valence-electron chi connectivity index (χ2n) is 7.72. The summed E-state index contributed by atoms with van der Waals surface area (Å²) < 4.78 is 4.88. The predicted molar refractivity (Wildman–Crippen MR) is 128 cm³/mol. The number of nitrogens with one attached hydrogen (secondary N) is 2. The van der Waals surface area contributed by atoms with E-state index in [4.69, 9.17) is 27.9 Å². The topological polar surface area (TPSA) is 77.7 Å². The van der Waals surface area contributed by atoms with E-state index in [-0.39, 0.29) is 17.6 Å². The number of nitrogens with zero attached hydrogens (tertiary/aromatic N) is 2. The molecular formula is C23H24Cl2N4O3. The van der Waals surface area contributed by atoms with Crippen LogP contribution in [0, 0.1) is 0 Å². The molecule has 2 N–H and O–H groups in total. The van der Waals surface area contributed by atoms with Gasteiger partial charge in [0.05, 0.1) is 18.8 Å². The molecule has 9 heteroatoms. The number of fused-ring (bicyclic) bond motifs is 1. The maximum atomic E-state index is 13.1. The van der Waals surface area contributed by atoms with Gasteiger partial charge >= 0.3 is 5.97 Å². The number of methoxy groups -OCH3 is 1. The van der Waals surface area contributed by atoms with Crippen LogP contribution in [0.15, 0.2) is 42.5 Å². The van der Waals surface area contributed by atoms with Crippen molar-refractivity contribution in [2.24, 2.45) is 0 Å². The summed E-state index contributed by atoms with van der Waals surface area (Å²) in [6, 6.07) is 12.6. The van der Waals surface area contributed by atoms with Crippen LogP contribution in [0.2, 0.25) is 10.0 Å². The van der Waals surface area contributed by atoms with Crippen LogP contribution in [0.25, 0.3) is 10.9 Å². The van der Waals surface area contributed by atoms with E-state index in [2.05, 4.69) is 20.1 Å². The Labute approximate surface area is 196 Å². The number of aromatic nitrogens is 1. The average Bonchev–Trinajstić information content (AvgIpc) is 3.15. The number of amides is 1. The van der Waals surface area contributed by atoms with Crippen LogP contribution in [0.4, 0.5) is 11.4 Å². The quantitative estimate of drug-likeness (QED) is 0.535. The van der Waals surface area contributed by atoms with Crippen molar-refractivity contribution in [1.82, 2.24) is 9.88 Å². The van der Waals surface area contributed by atoms with Gasteiger partial charge in [-0.15, -0.1) is 0 Å². The van der Waals surface area contributed by atoms with Crippen LogP contribution in [0.5, 0.6) is 0 Å². The highest BCUT2D eigenvalue weighted by atomic mass is 35.5. The number of piperazine rings is 1. The van der Waals surface area contributed by atoms with Crippen molar-refractivity contribution in [2.45, 2.75) is 13.0 Å². The molecule has 1 aromatic heterocycles. The molecule has 7 nitrogen and oxygen atoms in total. The van der Waals surface area contributed by atoms with Gasteiger partial charge in [-0.25, -0.2) is 4.79 Å². The molecule has 1 saturated heterocycles. The summed E-state index contributed by atoms with van der Waals surface area (Å²) in [4.78, 5) is 32.8. The summed E-state index contributed by atoms with van der Waals surface area (Å²) in [5, 5.41) is 4.79. The van der Waals surface area contributed by atoms with Gasteiger partial charge < -0.3 is 19.9 Å². The van der Waals surface area contributed by atoms with Crippen LogP contribution in [0.3, 0.4) is 0 Å². The monoisotopic (exact) mass is 474 g/mol. The molecule has 0 spiro atoms. The maximum Gasteiger partial charge on any atom is 0.356 e. The third-order valence-electron chi connectivity index (χ3n) is 5.81. The molecule has 32 heavy (non-hydrogen) atoms. The van der Waals surface area contributed by atoms with Gasteiger partial charge in [0.15, 0.2) is 0 Å². The Kier molecular flexibility index (Phi) is 6.60. The molecule has 1 aliphatic rings. The minimum absolute atomic E-state index is 0.191. The summed E-state index contributed by atoms with van der Waals surface area (Å²) in [6.07, 6.45) is 0. The highest BCUT2D eigenvalue weighted by Crippen LogP contribution is 2.31. The van der Waals surface area contributed by atoms with E-state index < -0.39 is 5.97 Å². The molecule has 1 amide bonds. The van der Waals surface area contributed by atoms with Crippen molar-refractivity contribution in [3.63, 3.8) is 0 Å². The summed E-state index contributed by atoms with van der Waals surface area (Å²) in [6.45, 7) is 4.89. The second kappa shape index (κ2) is 9.40. The fourth-order valence-corrected chi connectivity index (χ4v) is 4.34. The molecule has 3 aromatic rings. The Morgan fingerprint density at radius 3 is 2.47 bits per heavy atom. The predicted octanol–water partition coefficient (Wildman–Crippen LogP) is 4.41. The number of anilines is 2. The zero-order valence-corrected chi connectivity index (χ0v) is 19.3. The fraction of sp³-hybridized carbons (Fsp3) is 0.304. The first-order chi connectivity index (χ1) is 15.4. The van der Waals surface area contributed by atoms with Gasteiger partial charge in [0.2, 0.25) is 5.91 Å². The molecule has 0 aliphatic carbocycles. The first-order valence-corrected chi connectivity index (χ1v) is 11.1. The number of hydrogen-bond donors (Lipinski definition) is 2. The Bertz CT molecular complexity index is 1160. The summed E-state index contributed by atoms with van der Waals surface area (Å²) in [7, 11) is 1.30. The van der Waals surface area contributed by atoms with Crippen LogP contribution >= 0.6 is 23.2 Å². The molecular weight excluding hydrogens is 451 g/mol. The molecule has 0 radical (unpaired) electrons. The number of halogens is 2. The molecule has 4 rings (SSSR count). The molecule has 0 unspecified atom stereocenters. The van der Waals surface area contributed by atoms with Gasteiger partial charge in [-0.1, -0.05) is 29.3 Å². The molecule has 1 aliphatic heterocycles. The number of H-pyrrole nitrogens is 1. The third kappa shape index (κ3) is 4.55. The standard InChI is InChI=1S/C23H24Cl2N4O3/c1-14(28-8-10-29(11-9-28)17-5-3-4-15(24)12-17)22(30)27-20-18-13-16(25)6-7-19(18)26-21(20)23(31)32-2/h3-7,12-14,26H,8-11H2,1-2H3,(H,27,30)/t14-/m0/s1. The van der Waals surface area contributed by atoms with Crippen LogP contribution < -0.4 is 10.2 Å². The SMILES string of the molecule is COC(=O)c1[nH]c2ccc(Cl)cc2c1NC(=O)[C@H](C)N1CCN(c2cccc(Cl)c2)CC1. The van der Waals surface area contributed by atoms with Gasteiger partial charge in [-0.3, -0.25) is 9.69 Å². The summed E-state index contributed by atoms with van der Waals surface area (Å²) in [5.41, 5.74) is 2.33. The van der Waals surface area contributed by atoms with Gasteiger partial charge in [0, 0.05) is 52.8 Å². The van der Waals surface area contributed by atoms with Gasteiger partial charge in [0.25, 0.3) is 0 Å². The van der Waals surface area contributed by atoms with E-state index in [0.29, 0.717) is 26.6 Å². The molecule has 2 heterocycles. The zero-order valence-electron chi connectivity index (χ0n) is 17.8. The van der Waals surface area contributed by atoms with Crippen molar-refractivity contribution >= 4 is 57.4 Å². The number of carbonyl (C=O) groups excluding carboxylic acids is 2. The minimum Gasteiger partial charge on any atom is -0.464 e. The van der Waals surface area contributed by atoms with Crippen LogP contribution in [-0.2, 0) is 9.53 Å². The molecule has 2 aromatic carbocycles. The lowest BCUT2D eigenvalue weighted by Gasteiger charge is -2.38. The highest BCUT2D eigenvalue weighted by molar-refractivity contribution is 6.31. The number of esters is 1.